The Morgan fingerprint density at radius 3 is 2.84 bits per heavy atom. The second kappa shape index (κ2) is 4.36. The van der Waals surface area contributed by atoms with E-state index in [2.05, 4.69) is 15.5 Å². The molecule has 2 fully saturated rings. The van der Waals surface area contributed by atoms with Crippen LogP contribution in [0.2, 0.25) is 0 Å². The van der Waals surface area contributed by atoms with Crippen LogP contribution in [0, 0.1) is 24.7 Å². The quantitative estimate of drug-likeness (QED) is 0.756. The largest absolute Gasteiger partial charge is 0.481 e. The van der Waals surface area contributed by atoms with Gasteiger partial charge in [0.15, 0.2) is 0 Å². The number of fused-ring (bicyclic) bond motifs is 1. The lowest BCUT2D eigenvalue weighted by Gasteiger charge is -2.40. The Morgan fingerprint density at radius 2 is 2.21 bits per heavy atom. The first-order valence-corrected chi connectivity index (χ1v) is 6.60. The van der Waals surface area contributed by atoms with Gasteiger partial charge < -0.3 is 10.4 Å². The van der Waals surface area contributed by atoms with Crippen molar-refractivity contribution in [3.05, 3.63) is 17.5 Å². The summed E-state index contributed by atoms with van der Waals surface area (Å²) < 4.78 is 0. The molecule has 0 bridgehead atoms. The lowest BCUT2D eigenvalue weighted by Crippen LogP contribution is -2.50. The van der Waals surface area contributed by atoms with E-state index in [1.807, 2.05) is 6.92 Å². The molecule has 0 saturated heterocycles. The van der Waals surface area contributed by atoms with Crippen LogP contribution in [-0.4, -0.2) is 33.2 Å². The summed E-state index contributed by atoms with van der Waals surface area (Å²) in [7, 11) is 0. The predicted octanol–water partition coefficient (Wildman–Crippen LogP) is 0.947. The average molecular weight is 263 g/mol. The van der Waals surface area contributed by atoms with Crippen LogP contribution >= 0.6 is 0 Å². The standard InChI is InChI=1S/C13H17N3O3/c1-6-5-14-16-11(6)12(17)15-10-4-7-2-8(13(18)19)3-9(7)10/h5,7-10H,2-4H2,1H3,(H,14,16)(H,15,17)(H,18,19)/t7-,8?,9-,10+/m0/s1. The lowest BCUT2D eigenvalue weighted by atomic mass is 9.71. The van der Waals surface area contributed by atoms with Crippen molar-refractivity contribution in [3.8, 4) is 0 Å². The summed E-state index contributed by atoms with van der Waals surface area (Å²) in [6.45, 7) is 1.83. The zero-order valence-corrected chi connectivity index (χ0v) is 10.7. The van der Waals surface area contributed by atoms with Crippen molar-refractivity contribution < 1.29 is 14.7 Å². The maximum Gasteiger partial charge on any atom is 0.306 e. The van der Waals surface area contributed by atoms with Crippen molar-refractivity contribution >= 4 is 11.9 Å². The van der Waals surface area contributed by atoms with Crippen LogP contribution in [0.1, 0.15) is 35.3 Å². The number of aromatic nitrogens is 2. The van der Waals surface area contributed by atoms with Gasteiger partial charge in [-0.05, 0) is 43.6 Å². The Balaban J connectivity index is 1.60. The molecule has 4 atom stereocenters. The molecule has 2 aliphatic rings. The Labute approximate surface area is 110 Å². The van der Waals surface area contributed by atoms with Crippen molar-refractivity contribution in [1.82, 2.24) is 15.5 Å². The van der Waals surface area contributed by atoms with Crippen LogP contribution in [0.15, 0.2) is 6.20 Å². The molecule has 0 radical (unpaired) electrons. The molecule has 3 N–H and O–H groups in total. The van der Waals surface area contributed by atoms with E-state index in [0.29, 0.717) is 24.0 Å². The fourth-order valence-electron chi connectivity index (χ4n) is 3.41. The Morgan fingerprint density at radius 1 is 1.42 bits per heavy atom. The Hall–Kier alpha value is -1.85. The third-order valence-electron chi connectivity index (χ3n) is 4.54. The fourth-order valence-corrected chi connectivity index (χ4v) is 3.41. The molecule has 19 heavy (non-hydrogen) atoms. The van der Waals surface area contributed by atoms with Gasteiger partial charge in [0.05, 0.1) is 12.1 Å². The van der Waals surface area contributed by atoms with Gasteiger partial charge in [0.1, 0.15) is 5.69 Å². The molecular formula is C13H17N3O3. The van der Waals surface area contributed by atoms with E-state index in [9.17, 15) is 9.59 Å². The van der Waals surface area contributed by atoms with Crippen LogP contribution in [0.4, 0.5) is 0 Å². The van der Waals surface area contributed by atoms with E-state index in [4.69, 9.17) is 5.11 Å². The Kier molecular flexibility index (Phi) is 2.80. The molecule has 2 aliphatic carbocycles. The number of carbonyl (C=O) groups excluding carboxylic acids is 1. The highest BCUT2D eigenvalue weighted by atomic mass is 16.4. The summed E-state index contributed by atoms with van der Waals surface area (Å²) in [6.07, 6.45) is 3.96. The first kappa shape index (κ1) is 12.2. The number of carboxylic acids is 1. The van der Waals surface area contributed by atoms with Gasteiger partial charge in [0.2, 0.25) is 0 Å². The van der Waals surface area contributed by atoms with Gasteiger partial charge in [0, 0.05) is 6.04 Å². The van der Waals surface area contributed by atoms with E-state index >= 15 is 0 Å². The highest BCUT2D eigenvalue weighted by Crippen LogP contribution is 2.49. The number of hydrogen-bond acceptors (Lipinski definition) is 3. The molecule has 1 unspecified atom stereocenters. The molecule has 102 valence electrons. The van der Waals surface area contributed by atoms with Crippen LogP contribution in [0.25, 0.3) is 0 Å². The number of amides is 1. The molecule has 1 amide bonds. The normalized spacial score (nSPS) is 32.5. The number of aliphatic carboxylic acids is 1. The second-order valence-electron chi connectivity index (χ2n) is 5.67. The van der Waals surface area contributed by atoms with Crippen molar-refractivity contribution in [2.24, 2.45) is 17.8 Å². The topological polar surface area (TPSA) is 95.1 Å². The molecule has 6 heteroatoms. The van der Waals surface area contributed by atoms with Crippen LogP contribution in [-0.2, 0) is 4.79 Å². The summed E-state index contributed by atoms with van der Waals surface area (Å²) >= 11 is 0. The van der Waals surface area contributed by atoms with Gasteiger partial charge >= 0.3 is 5.97 Å². The number of nitrogens with one attached hydrogen (secondary N) is 2. The molecule has 1 aromatic heterocycles. The number of hydrogen-bond donors (Lipinski definition) is 3. The number of aromatic amines is 1. The summed E-state index contributed by atoms with van der Waals surface area (Å²) in [5.41, 5.74) is 1.32. The molecule has 2 saturated carbocycles. The van der Waals surface area contributed by atoms with E-state index in [-0.39, 0.29) is 17.9 Å². The van der Waals surface area contributed by atoms with Crippen LogP contribution < -0.4 is 5.32 Å². The molecule has 0 aromatic carbocycles. The molecule has 0 spiro atoms. The SMILES string of the molecule is Cc1cn[nH]c1C(=O)N[C@@H]1C[C@@H]2CC(C(=O)O)C[C@@H]21. The highest BCUT2D eigenvalue weighted by molar-refractivity contribution is 5.93. The van der Waals surface area contributed by atoms with Crippen LogP contribution in [0.5, 0.6) is 0 Å². The van der Waals surface area contributed by atoms with Gasteiger partial charge in [0.25, 0.3) is 5.91 Å². The summed E-state index contributed by atoms with van der Waals surface area (Å²) in [4.78, 5) is 23.0. The predicted molar refractivity (Wildman–Crippen MR) is 66.5 cm³/mol. The smallest absolute Gasteiger partial charge is 0.306 e. The summed E-state index contributed by atoms with van der Waals surface area (Å²) in [5.74, 6) is -0.283. The lowest BCUT2D eigenvalue weighted by molar-refractivity contribution is -0.141. The maximum atomic E-state index is 12.0. The minimum atomic E-state index is -0.705. The van der Waals surface area contributed by atoms with Crippen molar-refractivity contribution in [1.29, 1.82) is 0 Å². The number of nitrogens with zero attached hydrogens (tertiary/aromatic N) is 1. The molecule has 1 aromatic rings. The number of carbonyl (C=O) groups is 2. The molecule has 6 nitrogen and oxygen atoms in total. The van der Waals surface area contributed by atoms with Crippen molar-refractivity contribution in [3.63, 3.8) is 0 Å². The van der Waals surface area contributed by atoms with E-state index in [0.717, 1.165) is 18.4 Å². The van der Waals surface area contributed by atoms with Crippen molar-refractivity contribution in [2.45, 2.75) is 32.2 Å². The monoisotopic (exact) mass is 263 g/mol. The average Bonchev–Trinajstić information content (AvgIpc) is 2.90. The van der Waals surface area contributed by atoms with Gasteiger partial charge in [-0.15, -0.1) is 0 Å². The van der Waals surface area contributed by atoms with E-state index < -0.39 is 5.97 Å². The van der Waals surface area contributed by atoms with Crippen molar-refractivity contribution in [2.75, 3.05) is 0 Å². The third kappa shape index (κ3) is 2.01. The molecule has 3 rings (SSSR count). The number of rotatable bonds is 3. The van der Waals surface area contributed by atoms with Gasteiger partial charge in [-0.1, -0.05) is 0 Å². The molecular weight excluding hydrogens is 246 g/mol. The first-order valence-electron chi connectivity index (χ1n) is 6.60. The summed E-state index contributed by atoms with van der Waals surface area (Å²) in [6, 6.07) is 0.115. The van der Waals surface area contributed by atoms with Gasteiger partial charge in [-0.25, -0.2) is 0 Å². The van der Waals surface area contributed by atoms with Crippen LogP contribution in [0.3, 0.4) is 0 Å². The zero-order valence-electron chi connectivity index (χ0n) is 10.7. The number of carboxylic acid groups (broad SMARTS) is 1. The van der Waals surface area contributed by atoms with Gasteiger partial charge in [-0.2, -0.15) is 5.10 Å². The number of aryl methyl sites for hydroxylation is 1. The third-order valence-corrected chi connectivity index (χ3v) is 4.54. The van der Waals surface area contributed by atoms with E-state index in [1.165, 1.54) is 0 Å². The highest BCUT2D eigenvalue weighted by Gasteiger charge is 2.50. The molecule has 0 aliphatic heterocycles. The van der Waals surface area contributed by atoms with Gasteiger partial charge in [-0.3, -0.25) is 14.7 Å². The minimum absolute atomic E-state index is 0.115. The maximum absolute atomic E-state index is 12.0. The first-order chi connectivity index (χ1) is 9.06. The van der Waals surface area contributed by atoms with E-state index in [1.54, 1.807) is 6.20 Å². The Bertz CT molecular complexity index is 525. The minimum Gasteiger partial charge on any atom is -0.481 e. The number of H-pyrrole nitrogens is 1. The molecule has 1 heterocycles. The second-order valence-corrected chi connectivity index (χ2v) is 5.67. The fraction of sp³-hybridized carbons (Fsp3) is 0.615. The summed E-state index contributed by atoms with van der Waals surface area (Å²) in [5, 5.41) is 18.5. The zero-order chi connectivity index (χ0) is 13.6.